The van der Waals surface area contributed by atoms with Gasteiger partial charge < -0.3 is 10.6 Å². The number of terminal acetylenes is 1. The minimum absolute atomic E-state index is 0.0417. The number of hydrogen-bond donors (Lipinski definition) is 2. The van der Waals surface area contributed by atoms with Crippen molar-refractivity contribution in [1.82, 2.24) is 10.6 Å². The molecule has 15 heavy (non-hydrogen) atoms. The maximum absolute atomic E-state index is 11.3. The molecule has 0 aromatic heterocycles. The number of rotatable bonds is 7. The van der Waals surface area contributed by atoms with Crippen molar-refractivity contribution in [3.8, 4) is 12.3 Å². The lowest BCUT2D eigenvalue weighted by Crippen LogP contribution is -2.41. The van der Waals surface area contributed by atoms with Crippen LogP contribution in [0.25, 0.3) is 0 Å². The van der Waals surface area contributed by atoms with Gasteiger partial charge in [0, 0.05) is 19.0 Å². The van der Waals surface area contributed by atoms with Crippen LogP contribution in [0.3, 0.4) is 0 Å². The Balaban J connectivity index is 3.37. The Morgan fingerprint density at radius 3 is 2.93 bits per heavy atom. The summed E-state index contributed by atoms with van der Waals surface area (Å²) in [6.45, 7) is 4.75. The van der Waals surface area contributed by atoms with Gasteiger partial charge in [-0.05, 0) is 24.9 Å². The third-order valence-corrected chi connectivity index (χ3v) is 2.74. The van der Waals surface area contributed by atoms with E-state index in [1.807, 2.05) is 18.7 Å². The van der Waals surface area contributed by atoms with Crippen LogP contribution in [0.1, 0.15) is 26.7 Å². The first kappa shape index (κ1) is 14.2. The molecule has 0 saturated carbocycles. The zero-order valence-corrected chi connectivity index (χ0v) is 10.3. The lowest BCUT2D eigenvalue weighted by atomic mass is 10.2. The second-order valence-corrected chi connectivity index (χ2v) is 4.65. The van der Waals surface area contributed by atoms with Gasteiger partial charge in [-0.15, -0.1) is 12.3 Å². The average Bonchev–Trinajstić information content (AvgIpc) is 2.17. The van der Waals surface area contributed by atoms with Crippen LogP contribution in [-0.2, 0) is 0 Å². The van der Waals surface area contributed by atoms with Crippen LogP contribution in [0.15, 0.2) is 0 Å². The number of nitrogens with one attached hydrogen (secondary N) is 2. The van der Waals surface area contributed by atoms with Gasteiger partial charge in [-0.1, -0.05) is 6.92 Å². The van der Waals surface area contributed by atoms with Crippen molar-refractivity contribution in [1.29, 1.82) is 0 Å². The molecule has 0 spiro atoms. The predicted molar refractivity (Wildman–Crippen MR) is 67.1 cm³/mol. The number of amides is 2. The fourth-order valence-electron chi connectivity index (χ4n) is 1.02. The quantitative estimate of drug-likeness (QED) is 0.516. The largest absolute Gasteiger partial charge is 0.338 e. The van der Waals surface area contributed by atoms with Crippen LogP contribution >= 0.6 is 11.8 Å². The maximum atomic E-state index is 11.3. The van der Waals surface area contributed by atoms with Crippen LogP contribution < -0.4 is 10.6 Å². The van der Waals surface area contributed by atoms with E-state index in [1.165, 1.54) is 0 Å². The van der Waals surface area contributed by atoms with Crippen LogP contribution in [0.4, 0.5) is 4.79 Å². The molecule has 1 atom stereocenters. The highest BCUT2D eigenvalue weighted by Crippen LogP contribution is 1.99. The minimum atomic E-state index is -0.126. The molecular weight excluding hydrogens is 208 g/mol. The summed E-state index contributed by atoms with van der Waals surface area (Å²) in [6.07, 6.45) is 6.71. The summed E-state index contributed by atoms with van der Waals surface area (Å²) >= 11 is 1.88. The molecule has 2 amide bonds. The Hall–Kier alpha value is -0.820. The summed E-state index contributed by atoms with van der Waals surface area (Å²) in [4.78, 5) is 11.3. The smallest absolute Gasteiger partial charge is 0.315 e. The molecule has 0 fully saturated rings. The van der Waals surface area contributed by atoms with E-state index in [0.29, 0.717) is 6.42 Å². The van der Waals surface area contributed by atoms with Gasteiger partial charge in [0.2, 0.25) is 0 Å². The van der Waals surface area contributed by atoms with Gasteiger partial charge in [-0.2, -0.15) is 11.8 Å². The third-order valence-electron chi connectivity index (χ3n) is 1.76. The highest BCUT2D eigenvalue weighted by atomic mass is 32.2. The Labute approximate surface area is 96.8 Å². The average molecular weight is 228 g/mol. The number of thioether (sulfide) groups is 1. The van der Waals surface area contributed by atoms with E-state index in [9.17, 15) is 4.79 Å². The highest BCUT2D eigenvalue weighted by molar-refractivity contribution is 7.99. The first-order valence-corrected chi connectivity index (χ1v) is 6.41. The van der Waals surface area contributed by atoms with E-state index in [0.717, 1.165) is 24.5 Å². The Morgan fingerprint density at radius 1 is 1.60 bits per heavy atom. The topological polar surface area (TPSA) is 41.1 Å². The fourth-order valence-corrected chi connectivity index (χ4v) is 1.66. The molecule has 0 bridgehead atoms. The van der Waals surface area contributed by atoms with Gasteiger partial charge in [0.25, 0.3) is 0 Å². The van der Waals surface area contributed by atoms with Crippen molar-refractivity contribution in [2.75, 3.05) is 18.1 Å². The van der Waals surface area contributed by atoms with Crippen molar-refractivity contribution in [2.45, 2.75) is 32.7 Å². The van der Waals surface area contributed by atoms with Crippen molar-refractivity contribution in [2.24, 2.45) is 0 Å². The van der Waals surface area contributed by atoms with Crippen LogP contribution in [0.5, 0.6) is 0 Å². The summed E-state index contributed by atoms with van der Waals surface area (Å²) in [7, 11) is 0. The number of urea groups is 1. The number of hydrogen-bond acceptors (Lipinski definition) is 2. The summed E-state index contributed by atoms with van der Waals surface area (Å²) < 4.78 is 0. The van der Waals surface area contributed by atoms with E-state index in [1.54, 1.807) is 0 Å². The van der Waals surface area contributed by atoms with Gasteiger partial charge >= 0.3 is 6.03 Å². The monoisotopic (exact) mass is 228 g/mol. The fraction of sp³-hybridized carbons (Fsp3) is 0.727. The van der Waals surface area contributed by atoms with Crippen molar-refractivity contribution in [3.05, 3.63) is 0 Å². The maximum Gasteiger partial charge on any atom is 0.315 e. The summed E-state index contributed by atoms with van der Waals surface area (Å²) in [5.74, 6) is 4.74. The van der Waals surface area contributed by atoms with Gasteiger partial charge in [0.05, 0.1) is 0 Å². The van der Waals surface area contributed by atoms with Gasteiger partial charge in [-0.25, -0.2) is 4.79 Å². The molecule has 0 heterocycles. The van der Waals surface area contributed by atoms with Gasteiger partial charge in [-0.3, -0.25) is 0 Å². The second-order valence-electron chi connectivity index (χ2n) is 3.26. The Kier molecular flexibility index (Phi) is 9.19. The molecule has 0 aromatic carbocycles. The molecule has 3 nitrogen and oxygen atoms in total. The SMILES string of the molecule is C#CCC(C)NC(=O)NCCCSCC. The first-order valence-electron chi connectivity index (χ1n) is 5.26. The van der Waals surface area contributed by atoms with Crippen LogP contribution in [0, 0.1) is 12.3 Å². The molecule has 0 aliphatic carbocycles. The minimum Gasteiger partial charge on any atom is -0.338 e. The molecule has 0 aliphatic rings. The zero-order valence-electron chi connectivity index (χ0n) is 9.51. The van der Waals surface area contributed by atoms with Crippen LogP contribution in [0.2, 0.25) is 0 Å². The summed E-state index contributed by atoms with van der Waals surface area (Å²) in [5, 5.41) is 5.57. The molecule has 0 saturated heterocycles. The zero-order chi connectivity index (χ0) is 11.5. The first-order chi connectivity index (χ1) is 7.20. The van der Waals surface area contributed by atoms with E-state index in [4.69, 9.17) is 6.42 Å². The molecule has 0 rings (SSSR count). The molecule has 1 unspecified atom stereocenters. The molecule has 86 valence electrons. The third kappa shape index (κ3) is 9.48. The van der Waals surface area contributed by atoms with E-state index < -0.39 is 0 Å². The van der Waals surface area contributed by atoms with Gasteiger partial charge in [0.1, 0.15) is 0 Å². The van der Waals surface area contributed by atoms with Crippen molar-refractivity contribution in [3.63, 3.8) is 0 Å². The second kappa shape index (κ2) is 9.72. The lowest BCUT2D eigenvalue weighted by Gasteiger charge is -2.11. The molecule has 0 radical (unpaired) electrons. The van der Waals surface area contributed by atoms with Crippen molar-refractivity contribution < 1.29 is 4.79 Å². The lowest BCUT2D eigenvalue weighted by molar-refractivity contribution is 0.238. The summed E-state index contributed by atoms with van der Waals surface area (Å²) in [6, 6.07) is -0.0840. The normalized spacial score (nSPS) is 11.5. The van der Waals surface area contributed by atoms with Crippen LogP contribution in [-0.4, -0.2) is 30.1 Å². The van der Waals surface area contributed by atoms with E-state index >= 15 is 0 Å². The highest BCUT2D eigenvalue weighted by Gasteiger charge is 2.04. The van der Waals surface area contributed by atoms with E-state index in [-0.39, 0.29) is 12.1 Å². The molecule has 0 aromatic rings. The van der Waals surface area contributed by atoms with E-state index in [2.05, 4.69) is 23.5 Å². The number of carbonyl (C=O) groups is 1. The standard InChI is InChI=1S/C11H20N2OS/c1-4-7-10(3)13-11(14)12-8-6-9-15-5-2/h1,10H,5-9H2,2-3H3,(H2,12,13,14). The van der Waals surface area contributed by atoms with Gasteiger partial charge in [0.15, 0.2) is 0 Å². The number of carbonyl (C=O) groups excluding carboxylic acids is 1. The molecule has 2 N–H and O–H groups in total. The molecule has 4 heteroatoms. The summed E-state index contributed by atoms with van der Waals surface area (Å²) in [5.41, 5.74) is 0. The Morgan fingerprint density at radius 2 is 2.33 bits per heavy atom. The predicted octanol–water partition coefficient (Wildman–Crippen LogP) is 1.84. The Bertz CT molecular complexity index is 213. The molecular formula is C11H20N2OS. The van der Waals surface area contributed by atoms with Crippen molar-refractivity contribution >= 4 is 17.8 Å². The molecule has 0 aliphatic heterocycles.